The van der Waals surface area contributed by atoms with Crippen molar-refractivity contribution < 1.29 is 9.84 Å². The van der Waals surface area contributed by atoms with Crippen LogP contribution in [0.2, 0.25) is 0 Å². The van der Waals surface area contributed by atoms with Crippen molar-refractivity contribution in [2.75, 3.05) is 0 Å². The van der Waals surface area contributed by atoms with Gasteiger partial charge in [0, 0.05) is 5.56 Å². The number of rotatable bonds is 3. The molecule has 2 heteroatoms. The summed E-state index contributed by atoms with van der Waals surface area (Å²) in [7, 11) is 0. The molecule has 2 nitrogen and oxygen atoms in total. The second-order valence-electron chi connectivity index (χ2n) is 3.97. The third-order valence-electron chi connectivity index (χ3n) is 2.51. The van der Waals surface area contributed by atoms with Crippen LogP contribution in [0.5, 0.6) is 11.5 Å². The molecule has 14 heavy (non-hydrogen) atoms. The van der Waals surface area contributed by atoms with Crippen LogP contribution in [-0.4, -0.2) is 11.2 Å². The number of phenolic OH excluding ortho intramolecular Hbond substituents is 1. The number of benzene rings is 1. The van der Waals surface area contributed by atoms with Crippen molar-refractivity contribution in [3.05, 3.63) is 23.8 Å². The topological polar surface area (TPSA) is 29.5 Å². The molecule has 1 unspecified atom stereocenters. The van der Waals surface area contributed by atoms with Crippen LogP contribution in [-0.2, 0) is 0 Å². The van der Waals surface area contributed by atoms with Gasteiger partial charge in [0.1, 0.15) is 11.5 Å². The smallest absolute Gasteiger partial charge is 0.126 e. The molecule has 0 bridgehead atoms. The minimum atomic E-state index is 0.162. The molecule has 0 fully saturated rings. The highest BCUT2D eigenvalue weighted by atomic mass is 16.5. The van der Waals surface area contributed by atoms with E-state index in [1.807, 2.05) is 19.9 Å². The predicted molar refractivity (Wildman–Crippen MR) is 57.8 cm³/mol. The summed E-state index contributed by atoms with van der Waals surface area (Å²) in [6.07, 6.45) is 0.162. The number of ether oxygens (including phenoxy) is 1. The third kappa shape index (κ3) is 2.41. The third-order valence-corrected chi connectivity index (χ3v) is 2.51. The Bertz CT molecular complexity index is 305. The van der Waals surface area contributed by atoms with Gasteiger partial charge in [-0.3, -0.25) is 0 Å². The Morgan fingerprint density at radius 1 is 1.21 bits per heavy atom. The molecular weight excluding hydrogens is 176 g/mol. The van der Waals surface area contributed by atoms with Gasteiger partial charge in [0.15, 0.2) is 0 Å². The fourth-order valence-corrected chi connectivity index (χ4v) is 1.07. The Hall–Kier alpha value is -1.18. The van der Waals surface area contributed by atoms with E-state index < -0.39 is 0 Å². The molecule has 1 rings (SSSR count). The van der Waals surface area contributed by atoms with Gasteiger partial charge in [0.05, 0.1) is 6.10 Å². The predicted octanol–water partition coefficient (Wildman–Crippen LogP) is 3.12. The normalized spacial score (nSPS) is 12.9. The first kappa shape index (κ1) is 10.9. The molecule has 0 radical (unpaired) electrons. The zero-order chi connectivity index (χ0) is 10.7. The lowest BCUT2D eigenvalue weighted by Crippen LogP contribution is -2.19. The lowest BCUT2D eigenvalue weighted by molar-refractivity contribution is 0.169. The molecule has 0 aliphatic carbocycles. The maximum atomic E-state index is 9.47. The maximum absolute atomic E-state index is 9.47. The van der Waals surface area contributed by atoms with E-state index in [2.05, 4.69) is 13.8 Å². The molecule has 1 aromatic carbocycles. The number of aromatic hydroxyl groups is 1. The fourth-order valence-electron chi connectivity index (χ4n) is 1.07. The average molecular weight is 194 g/mol. The van der Waals surface area contributed by atoms with Crippen molar-refractivity contribution in [3.8, 4) is 11.5 Å². The van der Waals surface area contributed by atoms with Gasteiger partial charge >= 0.3 is 0 Å². The number of hydrogen-bond donors (Lipinski definition) is 1. The second-order valence-corrected chi connectivity index (χ2v) is 3.97. The van der Waals surface area contributed by atoms with Gasteiger partial charge in [-0.05, 0) is 31.9 Å². The maximum Gasteiger partial charge on any atom is 0.126 e. The monoisotopic (exact) mass is 194 g/mol. The van der Waals surface area contributed by atoms with Crippen LogP contribution in [0.3, 0.4) is 0 Å². The molecule has 0 amide bonds. The molecule has 1 aromatic rings. The molecule has 0 aliphatic heterocycles. The Kier molecular flexibility index (Phi) is 3.39. The highest BCUT2D eigenvalue weighted by Gasteiger charge is 2.11. The number of phenols is 1. The van der Waals surface area contributed by atoms with Crippen molar-refractivity contribution in [1.82, 2.24) is 0 Å². The highest BCUT2D eigenvalue weighted by molar-refractivity contribution is 5.42. The van der Waals surface area contributed by atoms with Crippen LogP contribution in [0.25, 0.3) is 0 Å². The highest BCUT2D eigenvalue weighted by Crippen LogP contribution is 2.27. The second kappa shape index (κ2) is 4.36. The Morgan fingerprint density at radius 2 is 1.86 bits per heavy atom. The fraction of sp³-hybridized carbons (Fsp3) is 0.500. The number of hydrogen-bond acceptors (Lipinski definition) is 2. The molecule has 0 aromatic heterocycles. The van der Waals surface area contributed by atoms with E-state index in [-0.39, 0.29) is 6.10 Å². The van der Waals surface area contributed by atoms with E-state index in [0.717, 1.165) is 11.3 Å². The zero-order valence-corrected chi connectivity index (χ0v) is 9.24. The van der Waals surface area contributed by atoms with Crippen molar-refractivity contribution in [2.24, 2.45) is 5.92 Å². The molecule has 0 aliphatic rings. The van der Waals surface area contributed by atoms with Gasteiger partial charge in [-0.1, -0.05) is 19.9 Å². The van der Waals surface area contributed by atoms with Crippen LogP contribution in [0.1, 0.15) is 26.3 Å². The summed E-state index contributed by atoms with van der Waals surface area (Å²) < 4.78 is 5.73. The van der Waals surface area contributed by atoms with E-state index in [0.29, 0.717) is 11.7 Å². The van der Waals surface area contributed by atoms with Crippen molar-refractivity contribution in [1.29, 1.82) is 0 Å². The van der Waals surface area contributed by atoms with Crippen LogP contribution in [0.15, 0.2) is 18.2 Å². The molecule has 0 saturated heterocycles. The zero-order valence-electron chi connectivity index (χ0n) is 9.24. The van der Waals surface area contributed by atoms with Crippen LogP contribution >= 0.6 is 0 Å². The van der Waals surface area contributed by atoms with Gasteiger partial charge < -0.3 is 9.84 Å². The van der Waals surface area contributed by atoms with E-state index in [9.17, 15) is 5.11 Å². The molecule has 1 atom stereocenters. The van der Waals surface area contributed by atoms with E-state index >= 15 is 0 Å². The quantitative estimate of drug-likeness (QED) is 0.801. The Morgan fingerprint density at radius 3 is 2.43 bits per heavy atom. The minimum absolute atomic E-state index is 0.162. The van der Waals surface area contributed by atoms with Gasteiger partial charge in [-0.2, -0.15) is 0 Å². The van der Waals surface area contributed by atoms with E-state index in [1.165, 1.54) is 0 Å². The van der Waals surface area contributed by atoms with E-state index in [1.54, 1.807) is 12.1 Å². The molecular formula is C12H18O2. The summed E-state index contributed by atoms with van der Waals surface area (Å²) >= 11 is 0. The lowest BCUT2D eigenvalue weighted by atomic mass is 10.1. The van der Waals surface area contributed by atoms with E-state index in [4.69, 9.17) is 4.74 Å². The molecule has 78 valence electrons. The minimum Gasteiger partial charge on any atom is -0.508 e. The first-order valence-electron chi connectivity index (χ1n) is 4.97. The first-order chi connectivity index (χ1) is 6.52. The van der Waals surface area contributed by atoms with Gasteiger partial charge in [0.25, 0.3) is 0 Å². The van der Waals surface area contributed by atoms with Gasteiger partial charge in [-0.25, -0.2) is 0 Å². The van der Waals surface area contributed by atoms with Gasteiger partial charge in [0.2, 0.25) is 0 Å². The molecule has 0 heterocycles. The lowest BCUT2D eigenvalue weighted by Gasteiger charge is -2.19. The summed E-state index contributed by atoms with van der Waals surface area (Å²) in [5.41, 5.74) is 0.806. The van der Waals surface area contributed by atoms with Crippen molar-refractivity contribution >= 4 is 0 Å². The van der Waals surface area contributed by atoms with Crippen LogP contribution < -0.4 is 4.74 Å². The Balaban J connectivity index is 2.82. The molecule has 1 N–H and O–H groups in total. The van der Waals surface area contributed by atoms with Gasteiger partial charge in [-0.15, -0.1) is 0 Å². The van der Waals surface area contributed by atoms with Crippen molar-refractivity contribution in [3.63, 3.8) is 0 Å². The largest absolute Gasteiger partial charge is 0.508 e. The molecule has 0 spiro atoms. The molecule has 0 saturated carbocycles. The SMILES string of the molecule is Cc1c(O)cccc1OC(C)C(C)C. The van der Waals surface area contributed by atoms with Crippen molar-refractivity contribution in [2.45, 2.75) is 33.8 Å². The van der Waals surface area contributed by atoms with Crippen LogP contribution in [0, 0.1) is 12.8 Å². The summed E-state index contributed by atoms with van der Waals surface area (Å²) in [5, 5.41) is 9.47. The standard InChI is InChI=1S/C12H18O2/c1-8(2)10(4)14-12-7-5-6-11(13)9(12)3/h5-8,10,13H,1-4H3. The Labute approximate surface area is 85.5 Å². The summed E-state index contributed by atoms with van der Waals surface area (Å²) in [4.78, 5) is 0. The first-order valence-corrected chi connectivity index (χ1v) is 4.97. The van der Waals surface area contributed by atoms with Crippen LogP contribution in [0.4, 0.5) is 0 Å². The summed E-state index contributed by atoms with van der Waals surface area (Å²) in [6.45, 7) is 8.12. The summed E-state index contributed by atoms with van der Waals surface area (Å²) in [5.74, 6) is 1.53. The average Bonchev–Trinajstić information content (AvgIpc) is 2.12. The summed E-state index contributed by atoms with van der Waals surface area (Å²) in [6, 6.07) is 5.35.